The van der Waals surface area contributed by atoms with Crippen LogP contribution in [0.25, 0.3) is 54.8 Å². The van der Waals surface area contributed by atoms with E-state index < -0.39 is 16.5 Å². The molecule has 0 spiro atoms. The smallest absolute Gasteiger partial charge is 0.302 e. The molecule has 11 nitrogen and oxygen atoms in total. The highest BCUT2D eigenvalue weighted by Gasteiger charge is 2.48. The van der Waals surface area contributed by atoms with Gasteiger partial charge in [0, 0.05) is 145 Å². The largest absolute Gasteiger partial charge is 0.466 e. The SMILES string of the molecule is Brc1ccc2cc[nH]c2c1.CC(C)[Si](C(C)C)(C(C)C)n1cc(C2=CCN(C)CC2)c2ccc(Br)cc21.CC(C)[Si](C(C)C)(C(C)C)n1cc(C2CCN(C)CC2)c2ccc(Br)cc21.CCOC(C)=O.CN1CC=C(c2c[nH]c3cc(Br)ccc23)CC1.CN1CCC(=O)CC1. The van der Waals surface area contributed by atoms with E-state index >= 15 is 0 Å². The van der Waals surface area contributed by atoms with Crippen molar-refractivity contribution in [3.63, 3.8) is 0 Å². The van der Waals surface area contributed by atoms with E-state index in [-0.39, 0.29) is 5.97 Å². The van der Waals surface area contributed by atoms with Crippen LogP contribution in [-0.2, 0) is 14.3 Å². The van der Waals surface area contributed by atoms with Crippen molar-refractivity contribution in [3.05, 3.63) is 150 Å². The van der Waals surface area contributed by atoms with Gasteiger partial charge in [0.2, 0.25) is 0 Å². The zero-order valence-electron chi connectivity index (χ0n) is 60.5. The maximum Gasteiger partial charge on any atom is 0.302 e. The van der Waals surface area contributed by atoms with Crippen LogP contribution in [0, 0.1) is 0 Å². The van der Waals surface area contributed by atoms with Crippen molar-refractivity contribution in [3.8, 4) is 0 Å². The molecule has 0 saturated carbocycles. The van der Waals surface area contributed by atoms with Crippen molar-refractivity contribution in [2.24, 2.45) is 0 Å². The third-order valence-electron chi connectivity index (χ3n) is 20.7. The number of halogens is 4. The number of benzene rings is 4. The maximum atomic E-state index is 10.6. The number of hydrogen-bond acceptors (Lipinski definition) is 7. The highest BCUT2D eigenvalue weighted by molar-refractivity contribution is 9.11. The molecule has 4 aromatic carbocycles. The van der Waals surface area contributed by atoms with Gasteiger partial charge in [-0.05, 0) is 196 Å². The van der Waals surface area contributed by atoms with Gasteiger partial charge in [-0.25, -0.2) is 0 Å². The zero-order chi connectivity index (χ0) is 69.6. The molecule has 8 heterocycles. The van der Waals surface area contributed by atoms with Gasteiger partial charge >= 0.3 is 5.97 Å². The van der Waals surface area contributed by atoms with Gasteiger partial charge in [0.25, 0.3) is 0 Å². The number of piperidine rings is 2. The Balaban J connectivity index is 0.000000173. The number of ketones is 1. The van der Waals surface area contributed by atoms with E-state index in [9.17, 15) is 9.59 Å². The summed E-state index contributed by atoms with van der Waals surface area (Å²) in [6.07, 6.45) is 20.3. The number of likely N-dealkylation sites (N-methyl/N-ethyl adjacent to an activating group) is 2. The Labute approximate surface area is 606 Å². The van der Waals surface area contributed by atoms with E-state index in [0.717, 1.165) is 73.9 Å². The standard InChI is InChI=1S/C23H37BrN2Si.C23H35BrN2Si.C14H15BrN2.C8H6BrN.C6H11NO.C4H8O2/c2*1-16(2)27(17(3)4,18(5)6)26-15-22(19-10-12-25(7)13-11-19)21-9-8-20(24)14-23(21)26;1-17-6-4-10(5-7-17)13-9-16-14-8-11(15)2-3-12(13)14;9-7-2-1-6-3-4-10-8(6)5-7;1-7-4-2-6(8)3-5-7;1-3-6-4(2)5/h8-9,14-19H,10-13H2,1-7H3;8-10,14-18H,11-13H2,1-7H3;2-4,8-9,16H,5-7H2,1H3;1-5,10H;2-5H2,1H3;3H2,1-2H3. The van der Waals surface area contributed by atoms with Gasteiger partial charge in [-0.2, -0.15) is 0 Å². The average molecular weight is 1590 g/mol. The lowest BCUT2D eigenvalue weighted by molar-refractivity contribution is -0.140. The van der Waals surface area contributed by atoms with Crippen LogP contribution in [0.5, 0.6) is 0 Å². The first-order chi connectivity index (χ1) is 45.0. The van der Waals surface area contributed by atoms with Gasteiger partial charge in [0.15, 0.2) is 16.5 Å². The highest BCUT2D eigenvalue weighted by atomic mass is 79.9. The zero-order valence-corrected chi connectivity index (χ0v) is 68.9. The molecule has 0 radical (unpaired) electrons. The van der Waals surface area contributed by atoms with E-state index in [4.69, 9.17) is 0 Å². The monoisotopic (exact) mass is 1580 g/mol. The van der Waals surface area contributed by atoms with Crippen molar-refractivity contribution in [1.82, 2.24) is 38.0 Å². The fourth-order valence-electron chi connectivity index (χ4n) is 16.1. The lowest BCUT2D eigenvalue weighted by Crippen LogP contribution is -2.51. The number of Topliss-reactive ketones (excluding diaryl/α,β-unsaturated/α-hetero) is 1. The van der Waals surface area contributed by atoms with Crippen LogP contribution in [0.15, 0.2) is 134 Å². The summed E-state index contributed by atoms with van der Waals surface area (Å²) in [7, 11) is 5.13. The summed E-state index contributed by atoms with van der Waals surface area (Å²) >= 11 is 14.4. The minimum absolute atomic E-state index is 0.211. The molecule has 4 aliphatic heterocycles. The number of nitrogens with one attached hydrogen (secondary N) is 2. The molecule has 4 aromatic heterocycles. The Hall–Kier alpha value is -4.15. The molecular formula is C78H112Br4N8O3Si2. The Morgan fingerprint density at radius 3 is 1.41 bits per heavy atom. The number of H-pyrrole nitrogens is 2. The van der Waals surface area contributed by atoms with Gasteiger partial charge < -0.3 is 42.8 Å². The molecule has 0 amide bonds. The van der Waals surface area contributed by atoms with Gasteiger partial charge in [-0.1, -0.05) is 183 Å². The van der Waals surface area contributed by atoms with Crippen LogP contribution in [0.3, 0.4) is 0 Å². The van der Waals surface area contributed by atoms with Gasteiger partial charge in [-0.15, -0.1) is 0 Å². The van der Waals surface area contributed by atoms with Crippen LogP contribution in [0.2, 0.25) is 33.2 Å². The van der Waals surface area contributed by atoms with Gasteiger partial charge in [0.05, 0.1) is 6.61 Å². The van der Waals surface area contributed by atoms with E-state index in [1.807, 2.05) is 19.3 Å². The highest BCUT2D eigenvalue weighted by Crippen LogP contribution is 2.49. The number of nitrogens with zero attached hydrogens (tertiary/aromatic N) is 6. The summed E-state index contributed by atoms with van der Waals surface area (Å²) in [5.41, 5.74) is 16.9. The van der Waals surface area contributed by atoms with E-state index in [1.165, 1.54) is 108 Å². The number of rotatable bonds is 12. The predicted molar refractivity (Wildman–Crippen MR) is 428 cm³/mol. The summed E-state index contributed by atoms with van der Waals surface area (Å²) in [5.74, 6) is 0.907. The fourth-order valence-corrected chi connectivity index (χ4v) is 30.8. The number of aromatic nitrogens is 4. The molecule has 8 aromatic rings. The van der Waals surface area contributed by atoms with Crippen LogP contribution < -0.4 is 0 Å². The average Bonchev–Trinajstić information content (AvgIpc) is 1.56. The van der Waals surface area contributed by atoms with E-state index in [2.05, 4.69) is 314 Å². The summed E-state index contributed by atoms with van der Waals surface area (Å²) in [6.45, 7) is 41.9. The van der Waals surface area contributed by atoms with Crippen LogP contribution in [0.4, 0.5) is 0 Å². The van der Waals surface area contributed by atoms with Crippen molar-refractivity contribution in [2.75, 3.05) is 87.2 Å². The second-order valence-electron chi connectivity index (χ2n) is 28.8. The molecule has 0 atom stereocenters. The third-order valence-corrected chi connectivity index (χ3v) is 36.2. The molecule has 2 saturated heterocycles. The van der Waals surface area contributed by atoms with Crippen molar-refractivity contribution >= 4 is 147 Å². The number of likely N-dealkylation sites (tertiary alicyclic amines) is 2. The lowest BCUT2D eigenvalue weighted by Gasteiger charge is -2.44. The lowest BCUT2D eigenvalue weighted by atomic mass is 9.89. The summed E-state index contributed by atoms with van der Waals surface area (Å²) in [5, 5.41) is 5.49. The first-order valence-corrected chi connectivity index (χ1v) is 42.5. The number of fused-ring (bicyclic) bond motifs is 4. The second kappa shape index (κ2) is 35.8. The summed E-state index contributed by atoms with van der Waals surface area (Å²) < 4.78 is 14.6. The maximum absolute atomic E-state index is 10.6. The Morgan fingerprint density at radius 1 is 0.516 bits per heavy atom. The van der Waals surface area contributed by atoms with Crippen molar-refractivity contribution in [1.29, 1.82) is 0 Å². The number of hydrogen-bond donors (Lipinski definition) is 2. The molecule has 0 bridgehead atoms. The summed E-state index contributed by atoms with van der Waals surface area (Å²) in [4.78, 5) is 36.3. The minimum atomic E-state index is -1.79. The molecule has 518 valence electrons. The normalized spacial score (nSPS) is 16.5. The quantitative estimate of drug-likeness (QED) is 0.0929. The van der Waals surface area contributed by atoms with E-state index in [1.54, 1.807) is 12.5 Å². The number of aromatic amines is 2. The Bertz CT molecular complexity index is 3810. The van der Waals surface area contributed by atoms with Crippen LogP contribution >= 0.6 is 63.7 Å². The number of carbonyl (C=O) groups excluding carboxylic acids is 2. The predicted octanol–water partition coefficient (Wildman–Crippen LogP) is 21.8. The van der Waals surface area contributed by atoms with Crippen LogP contribution in [-0.4, -0.2) is 153 Å². The molecule has 2 N–H and O–H groups in total. The molecular weight excluding hydrogens is 1470 g/mol. The van der Waals surface area contributed by atoms with Gasteiger partial charge in [-0.3, -0.25) is 9.59 Å². The van der Waals surface area contributed by atoms with Gasteiger partial charge in [0.1, 0.15) is 5.78 Å². The molecule has 12 rings (SSSR count). The second-order valence-corrected chi connectivity index (χ2v) is 43.9. The molecule has 2 fully saturated rings. The molecule has 4 aliphatic rings. The minimum Gasteiger partial charge on any atom is -0.466 e. The summed E-state index contributed by atoms with van der Waals surface area (Å²) in [6, 6.07) is 28.5. The van der Waals surface area contributed by atoms with E-state index in [0.29, 0.717) is 51.6 Å². The number of ether oxygens (including phenoxy) is 1. The van der Waals surface area contributed by atoms with Crippen molar-refractivity contribution in [2.45, 2.75) is 175 Å². The topological polar surface area (TPSA) is 97.8 Å². The fraction of sp³-hybridized carbons (Fsp3) is 0.513. The number of carbonyl (C=O) groups is 2. The molecule has 95 heavy (non-hydrogen) atoms. The van der Waals surface area contributed by atoms with Crippen LogP contribution in [0.1, 0.15) is 158 Å². The third kappa shape index (κ3) is 19.2. The Morgan fingerprint density at radius 2 is 0.947 bits per heavy atom. The molecule has 0 unspecified atom stereocenters. The first kappa shape index (κ1) is 78.2. The number of esters is 1. The molecule has 17 heteroatoms. The van der Waals surface area contributed by atoms with Crippen molar-refractivity contribution < 1.29 is 14.3 Å². The Kier molecular flexibility index (Phi) is 29.4. The first-order valence-electron chi connectivity index (χ1n) is 34.9. The molecule has 0 aliphatic carbocycles.